The van der Waals surface area contributed by atoms with Crippen LogP contribution in [0.2, 0.25) is 0 Å². The van der Waals surface area contributed by atoms with Crippen LogP contribution in [0.5, 0.6) is 0 Å². The van der Waals surface area contributed by atoms with Crippen LogP contribution in [0.15, 0.2) is 65.3 Å². The summed E-state index contributed by atoms with van der Waals surface area (Å²) in [5, 5.41) is 0. The predicted octanol–water partition coefficient (Wildman–Crippen LogP) is 3.45. The summed E-state index contributed by atoms with van der Waals surface area (Å²) in [5.41, 5.74) is 1.29. The zero-order chi connectivity index (χ0) is 17.4. The van der Waals surface area contributed by atoms with E-state index < -0.39 is 16.8 Å². The molecule has 0 heterocycles. The summed E-state index contributed by atoms with van der Waals surface area (Å²) in [6.45, 7) is 6.06. The summed E-state index contributed by atoms with van der Waals surface area (Å²) in [5.74, 6) is 0.334. The van der Waals surface area contributed by atoms with Crippen molar-refractivity contribution in [2.75, 3.05) is 19.0 Å². The summed E-state index contributed by atoms with van der Waals surface area (Å²) in [6, 6.07) is 7.37. The van der Waals surface area contributed by atoms with Crippen LogP contribution < -0.4 is 0 Å². The molecule has 5 heteroatoms. The molecule has 1 aromatic rings. The summed E-state index contributed by atoms with van der Waals surface area (Å²) in [6.07, 6.45) is 7.96. The fraction of sp³-hybridized carbons (Fsp3) is 0.316. The number of esters is 1. The minimum atomic E-state index is -1.30. The Morgan fingerprint density at radius 2 is 1.96 bits per heavy atom. The number of benzene rings is 1. The molecule has 0 spiro atoms. The maximum atomic E-state index is 12.2. The van der Waals surface area contributed by atoms with Crippen molar-refractivity contribution in [1.82, 2.24) is 0 Å². The highest BCUT2D eigenvalue weighted by molar-refractivity contribution is 7.85. The lowest BCUT2D eigenvalue weighted by Crippen LogP contribution is -2.16. The van der Waals surface area contributed by atoms with Crippen LogP contribution in [-0.2, 0) is 25.1 Å². The largest absolute Gasteiger partial charge is 0.490 e. The molecule has 0 fully saturated rings. The smallest absolute Gasteiger partial charge is 0.334 e. The summed E-state index contributed by atoms with van der Waals surface area (Å²) >= 11 is 0. The van der Waals surface area contributed by atoms with Crippen LogP contribution in [0, 0.1) is 6.92 Å². The second kappa shape index (κ2) is 9.23. The van der Waals surface area contributed by atoms with Crippen molar-refractivity contribution >= 4 is 16.8 Å². The summed E-state index contributed by atoms with van der Waals surface area (Å²) < 4.78 is 22.8. The number of aryl methyl sites for hydroxylation is 1. The quantitative estimate of drug-likeness (QED) is 0.411. The Hall–Kier alpha value is -2.14. The topological polar surface area (TPSA) is 52.6 Å². The molecule has 0 N–H and O–H groups in total. The number of carbonyl (C=O) groups excluding carboxylic acids is 1. The van der Waals surface area contributed by atoms with E-state index in [9.17, 15) is 9.00 Å². The summed E-state index contributed by atoms with van der Waals surface area (Å²) in [7, 11) is -1.30. The Morgan fingerprint density at radius 1 is 1.21 bits per heavy atom. The number of hydrogen-bond donors (Lipinski definition) is 0. The van der Waals surface area contributed by atoms with Gasteiger partial charge in [0, 0.05) is 10.5 Å². The first kappa shape index (κ1) is 18.2. The van der Waals surface area contributed by atoms with Crippen molar-refractivity contribution in [3.8, 4) is 0 Å². The van der Waals surface area contributed by atoms with E-state index in [1.54, 1.807) is 12.1 Å². The fourth-order valence-electron chi connectivity index (χ4n) is 2.08. The van der Waals surface area contributed by atoms with Crippen molar-refractivity contribution in [2.45, 2.75) is 24.7 Å². The van der Waals surface area contributed by atoms with Gasteiger partial charge in [-0.05, 0) is 44.1 Å². The van der Waals surface area contributed by atoms with Crippen LogP contribution in [0.3, 0.4) is 0 Å². The van der Waals surface area contributed by atoms with Crippen molar-refractivity contribution < 1.29 is 18.5 Å². The molecule has 1 atom stereocenters. The number of rotatable bonds is 8. The van der Waals surface area contributed by atoms with Crippen molar-refractivity contribution in [2.24, 2.45) is 0 Å². The van der Waals surface area contributed by atoms with E-state index in [0.29, 0.717) is 4.90 Å². The minimum Gasteiger partial charge on any atom is -0.490 e. The van der Waals surface area contributed by atoms with Gasteiger partial charge in [0.2, 0.25) is 0 Å². The molecule has 1 unspecified atom stereocenters. The van der Waals surface area contributed by atoms with Gasteiger partial charge in [-0.25, -0.2) is 4.79 Å². The van der Waals surface area contributed by atoms with Gasteiger partial charge in [-0.15, -0.1) is 0 Å². The van der Waals surface area contributed by atoms with E-state index in [1.807, 2.05) is 37.3 Å². The summed E-state index contributed by atoms with van der Waals surface area (Å²) in [4.78, 5) is 12.5. The molecule has 0 saturated carbocycles. The van der Waals surface area contributed by atoms with Crippen LogP contribution in [0.4, 0.5) is 0 Å². The van der Waals surface area contributed by atoms with Gasteiger partial charge >= 0.3 is 5.97 Å². The number of carbonyl (C=O) groups is 1. The molecule has 0 radical (unpaired) electrons. The first-order valence-corrected chi connectivity index (χ1v) is 9.17. The highest BCUT2D eigenvalue weighted by atomic mass is 32.2. The van der Waals surface area contributed by atoms with Gasteiger partial charge in [-0.1, -0.05) is 30.4 Å². The Labute approximate surface area is 145 Å². The van der Waals surface area contributed by atoms with E-state index in [-0.39, 0.29) is 24.5 Å². The maximum Gasteiger partial charge on any atom is 0.334 e. The molecule has 0 saturated heterocycles. The number of allylic oxidation sites excluding steroid dienone is 3. The average molecular weight is 346 g/mol. The SMILES string of the molecule is C=C(CS(=O)c1ccc(C)cc1)C(=O)OCCOC1=CCCC=C1. The van der Waals surface area contributed by atoms with Crippen LogP contribution >= 0.6 is 0 Å². The number of hydrogen-bond acceptors (Lipinski definition) is 4. The molecule has 2 rings (SSSR count). The molecule has 1 aromatic carbocycles. The minimum absolute atomic E-state index is 0.0661. The van der Waals surface area contributed by atoms with Crippen LogP contribution in [0.25, 0.3) is 0 Å². The van der Waals surface area contributed by atoms with E-state index >= 15 is 0 Å². The fourth-order valence-corrected chi connectivity index (χ4v) is 3.12. The van der Waals surface area contributed by atoms with Crippen molar-refractivity contribution in [1.29, 1.82) is 0 Å². The second-order valence-electron chi connectivity index (χ2n) is 5.48. The maximum absolute atomic E-state index is 12.2. The molecular formula is C19H22O4S. The molecule has 1 aliphatic carbocycles. The third-order valence-electron chi connectivity index (χ3n) is 3.42. The van der Waals surface area contributed by atoms with Crippen LogP contribution in [0.1, 0.15) is 18.4 Å². The Balaban J connectivity index is 1.70. The molecule has 1 aliphatic rings. The van der Waals surface area contributed by atoms with Gasteiger partial charge in [0.15, 0.2) is 0 Å². The molecule has 0 aromatic heterocycles. The lowest BCUT2D eigenvalue weighted by molar-refractivity contribution is -0.139. The molecule has 0 amide bonds. The highest BCUT2D eigenvalue weighted by Gasteiger charge is 2.13. The first-order valence-electron chi connectivity index (χ1n) is 7.85. The average Bonchev–Trinajstić information content (AvgIpc) is 2.60. The molecule has 4 nitrogen and oxygen atoms in total. The van der Waals surface area contributed by atoms with Gasteiger partial charge in [0.25, 0.3) is 0 Å². The van der Waals surface area contributed by atoms with E-state index in [4.69, 9.17) is 9.47 Å². The van der Waals surface area contributed by atoms with Crippen molar-refractivity contribution in [3.63, 3.8) is 0 Å². The highest BCUT2D eigenvalue weighted by Crippen LogP contribution is 2.12. The van der Waals surface area contributed by atoms with E-state index in [2.05, 4.69) is 6.58 Å². The van der Waals surface area contributed by atoms with E-state index in [1.165, 1.54) is 0 Å². The molecule has 24 heavy (non-hydrogen) atoms. The zero-order valence-electron chi connectivity index (χ0n) is 13.8. The lowest BCUT2D eigenvalue weighted by atomic mass is 10.2. The standard InChI is InChI=1S/C19H22O4S/c1-15-8-10-18(11-9-15)24(21)14-16(2)19(20)23-13-12-22-17-6-4-3-5-7-17/h4,6-11H,2-3,5,12-14H2,1H3. The first-order chi connectivity index (χ1) is 11.6. The number of ether oxygens (including phenoxy) is 2. The zero-order valence-corrected chi connectivity index (χ0v) is 14.6. The van der Waals surface area contributed by atoms with Crippen LogP contribution in [-0.4, -0.2) is 29.1 Å². The Kier molecular flexibility index (Phi) is 7.00. The molecule has 128 valence electrons. The predicted molar refractivity (Wildman–Crippen MR) is 95.0 cm³/mol. The third-order valence-corrected chi connectivity index (χ3v) is 4.83. The monoisotopic (exact) mass is 346 g/mol. The molecule has 0 aliphatic heterocycles. The molecule has 0 bridgehead atoms. The van der Waals surface area contributed by atoms with E-state index in [0.717, 1.165) is 24.2 Å². The van der Waals surface area contributed by atoms with Gasteiger partial charge in [-0.3, -0.25) is 4.21 Å². The van der Waals surface area contributed by atoms with Gasteiger partial charge in [0.05, 0.1) is 16.6 Å². The normalized spacial score (nSPS) is 14.6. The van der Waals surface area contributed by atoms with Crippen molar-refractivity contribution in [3.05, 3.63) is 66.0 Å². The van der Waals surface area contributed by atoms with Gasteiger partial charge in [0.1, 0.15) is 19.0 Å². The Bertz CT molecular complexity index is 671. The van der Waals surface area contributed by atoms with Gasteiger partial charge < -0.3 is 9.47 Å². The third kappa shape index (κ3) is 5.81. The second-order valence-corrected chi connectivity index (χ2v) is 6.93. The lowest BCUT2D eigenvalue weighted by Gasteiger charge is -2.11. The Morgan fingerprint density at radius 3 is 2.62 bits per heavy atom. The van der Waals surface area contributed by atoms with Gasteiger partial charge in [-0.2, -0.15) is 0 Å². The molecular weight excluding hydrogens is 324 g/mol.